The van der Waals surface area contributed by atoms with Crippen molar-refractivity contribution in [1.29, 1.82) is 0 Å². The van der Waals surface area contributed by atoms with E-state index in [0.717, 1.165) is 39.4 Å². The number of carbonyl (C=O) groups excluding carboxylic acids is 1. The molecule has 2 rings (SSSR count). The van der Waals surface area contributed by atoms with Gasteiger partial charge in [-0.1, -0.05) is 0 Å². The van der Waals surface area contributed by atoms with E-state index in [1.54, 1.807) is 0 Å². The molecule has 0 heterocycles. The van der Waals surface area contributed by atoms with Gasteiger partial charge in [0.15, 0.2) is 0 Å². The molecule has 0 spiro atoms. The van der Waals surface area contributed by atoms with Crippen LogP contribution in [0.3, 0.4) is 0 Å². The van der Waals surface area contributed by atoms with Crippen molar-refractivity contribution in [3.05, 3.63) is 31.8 Å². The lowest BCUT2D eigenvalue weighted by atomic mass is 9.91. The molecule has 1 fully saturated rings. The molecule has 19 heavy (non-hydrogen) atoms. The van der Waals surface area contributed by atoms with Crippen LogP contribution in [0.25, 0.3) is 0 Å². The fraction of sp³-hybridized carbons (Fsp3) is 0.500. The van der Waals surface area contributed by atoms with Gasteiger partial charge in [0.05, 0.1) is 5.56 Å². The Morgan fingerprint density at radius 2 is 2.21 bits per heavy atom. The normalized spacial score (nSPS) is 15.1. The van der Waals surface area contributed by atoms with E-state index in [0.29, 0.717) is 11.9 Å². The molecule has 2 nitrogen and oxygen atoms in total. The lowest BCUT2D eigenvalue weighted by Gasteiger charge is -2.37. The predicted octanol–water partition coefficient (Wildman–Crippen LogP) is 4.68. The fourth-order valence-electron chi connectivity index (χ4n) is 2.19. The van der Waals surface area contributed by atoms with Crippen LogP contribution in [0, 0.1) is 3.57 Å². The Bertz CT molecular complexity index is 465. The summed E-state index contributed by atoms with van der Waals surface area (Å²) >= 11 is 11.5. The van der Waals surface area contributed by atoms with Gasteiger partial charge < -0.3 is 4.90 Å². The van der Waals surface area contributed by atoms with Crippen LogP contribution in [0.1, 0.15) is 36.0 Å². The molecule has 5 heteroatoms. The van der Waals surface area contributed by atoms with Gasteiger partial charge in [-0.2, -0.15) is 0 Å². The number of amides is 1. The molecule has 1 amide bonds. The second kappa shape index (κ2) is 7.27. The number of halogens is 3. The lowest BCUT2D eigenvalue weighted by molar-refractivity contribution is 0.0580. The van der Waals surface area contributed by atoms with Crippen molar-refractivity contribution >= 4 is 56.0 Å². The summed E-state index contributed by atoms with van der Waals surface area (Å²) in [6, 6.07) is 6.28. The highest BCUT2D eigenvalue weighted by Gasteiger charge is 2.29. The number of nitrogens with zero attached hydrogens (tertiary/aromatic N) is 1. The lowest BCUT2D eigenvalue weighted by Crippen LogP contribution is -2.45. The van der Waals surface area contributed by atoms with Gasteiger partial charge >= 0.3 is 0 Å². The number of alkyl halides is 1. The quantitative estimate of drug-likeness (QED) is 0.466. The molecular weight excluding hydrogens is 440 g/mol. The second-order valence-electron chi connectivity index (χ2n) is 4.75. The first kappa shape index (κ1) is 15.6. The zero-order chi connectivity index (χ0) is 13.8. The van der Waals surface area contributed by atoms with Crippen molar-refractivity contribution in [3.63, 3.8) is 0 Å². The Labute approximate surface area is 141 Å². The minimum absolute atomic E-state index is 0.125. The van der Waals surface area contributed by atoms with E-state index in [2.05, 4.69) is 38.5 Å². The Hall–Kier alpha value is 0.190. The molecule has 1 aliphatic carbocycles. The van der Waals surface area contributed by atoms with Gasteiger partial charge in [0.25, 0.3) is 5.91 Å². The van der Waals surface area contributed by atoms with Crippen molar-refractivity contribution in [3.8, 4) is 0 Å². The van der Waals surface area contributed by atoms with Crippen molar-refractivity contribution in [2.24, 2.45) is 0 Å². The Morgan fingerprint density at radius 1 is 1.47 bits per heavy atom. The highest BCUT2D eigenvalue weighted by Crippen LogP contribution is 2.28. The van der Waals surface area contributed by atoms with E-state index in [9.17, 15) is 4.79 Å². The average Bonchev–Trinajstić information content (AvgIpc) is 2.34. The Morgan fingerprint density at radius 3 is 2.79 bits per heavy atom. The first-order chi connectivity index (χ1) is 9.13. The van der Waals surface area contributed by atoms with E-state index in [1.807, 2.05) is 23.1 Å². The van der Waals surface area contributed by atoms with Gasteiger partial charge in [0, 0.05) is 26.5 Å². The summed E-state index contributed by atoms with van der Waals surface area (Å²) in [7, 11) is 0. The molecule has 0 unspecified atom stereocenters. The van der Waals surface area contributed by atoms with Crippen LogP contribution in [0.5, 0.6) is 0 Å². The third kappa shape index (κ3) is 3.85. The Balaban J connectivity index is 2.19. The minimum Gasteiger partial charge on any atom is -0.336 e. The monoisotopic (exact) mass is 455 g/mol. The van der Waals surface area contributed by atoms with E-state index < -0.39 is 0 Å². The third-order valence-corrected chi connectivity index (χ3v) is 5.10. The van der Waals surface area contributed by atoms with Crippen molar-refractivity contribution in [1.82, 2.24) is 4.90 Å². The SMILES string of the molecule is O=C(c1cc(I)ccc1Br)N(CCCCl)C1CCC1. The zero-order valence-corrected chi connectivity index (χ0v) is 15.0. The molecule has 1 aliphatic rings. The molecule has 104 valence electrons. The van der Waals surface area contributed by atoms with Gasteiger partial charge in [-0.15, -0.1) is 11.6 Å². The first-order valence-electron chi connectivity index (χ1n) is 6.45. The second-order valence-corrected chi connectivity index (χ2v) is 7.23. The standard InChI is InChI=1S/C14H16BrClINO/c15-13-6-5-10(17)9-12(13)14(19)18(8-2-7-16)11-3-1-4-11/h5-6,9,11H,1-4,7-8H2. The number of rotatable bonds is 5. The Kier molecular flexibility index (Phi) is 5.96. The van der Waals surface area contributed by atoms with Crippen molar-refractivity contribution in [2.75, 3.05) is 12.4 Å². The molecule has 0 bridgehead atoms. The van der Waals surface area contributed by atoms with Crippen LogP contribution in [-0.2, 0) is 0 Å². The predicted molar refractivity (Wildman–Crippen MR) is 90.9 cm³/mol. The van der Waals surface area contributed by atoms with Crippen LogP contribution < -0.4 is 0 Å². The van der Waals surface area contributed by atoms with E-state index in [1.165, 1.54) is 6.42 Å². The maximum absolute atomic E-state index is 12.7. The molecular formula is C14H16BrClINO. The first-order valence-corrected chi connectivity index (χ1v) is 8.86. The van der Waals surface area contributed by atoms with Crippen LogP contribution in [-0.4, -0.2) is 29.3 Å². The summed E-state index contributed by atoms with van der Waals surface area (Å²) in [5.74, 6) is 0.726. The fourth-order valence-corrected chi connectivity index (χ4v) is 3.22. The summed E-state index contributed by atoms with van der Waals surface area (Å²) in [5.41, 5.74) is 0.758. The number of carbonyl (C=O) groups is 1. The van der Waals surface area contributed by atoms with Gasteiger partial charge in [-0.25, -0.2) is 0 Å². The summed E-state index contributed by atoms with van der Waals surface area (Å²) in [6.07, 6.45) is 4.32. The van der Waals surface area contributed by atoms with Crippen LogP contribution >= 0.6 is 50.1 Å². The van der Waals surface area contributed by atoms with Gasteiger partial charge in [-0.05, 0) is 82.4 Å². The van der Waals surface area contributed by atoms with Crippen LogP contribution in [0.15, 0.2) is 22.7 Å². The van der Waals surface area contributed by atoms with Crippen LogP contribution in [0.4, 0.5) is 0 Å². The van der Waals surface area contributed by atoms with E-state index >= 15 is 0 Å². The third-order valence-electron chi connectivity index (χ3n) is 3.47. The van der Waals surface area contributed by atoms with Gasteiger partial charge in [0.1, 0.15) is 0 Å². The summed E-state index contributed by atoms with van der Waals surface area (Å²) in [4.78, 5) is 14.7. The summed E-state index contributed by atoms with van der Waals surface area (Å²) in [6.45, 7) is 0.755. The topological polar surface area (TPSA) is 20.3 Å². The summed E-state index contributed by atoms with van der Waals surface area (Å²) in [5, 5.41) is 0. The van der Waals surface area contributed by atoms with Crippen molar-refractivity contribution in [2.45, 2.75) is 31.7 Å². The molecule has 1 saturated carbocycles. The summed E-state index contributed by atoms with van der Waals surface area (Å²) < 4.78 is 1.95. The highest BCUT2D eigenvalue weighted by atomic mass is 127. The smallest absolute Gasteiger partial charge is 0.255 e. The van der Waals surface area contributed by atoms with Crippen LogP contribution in [0.2, 0.25) is 0 Å². The minimum atomic E-state index is 0.125. The van der Waals surface area contributed by atoms with E-state index in [4.69, 9.17) is 11.6 Å². The largest absolute Gasteiger partial charge is 0.336 e. The molecule has 0 aliphatic heterocycles. The molecule has 1 aromatic carbocycles. The maximum Gasteiger partial charge on any atom is 0.255 e. The van der Waals surface area contributed by atoms with Gasteiger partial charge in [0.2, 0.25) is 0 Å². The van der Waals surface area contributed by atoms with Gasteiger partial charge in [-0.3, -0.25) is 4.79 Å². The molecule has 0 saturated heterocycles. The molecule has 0 radical (unpaired) electrons. The molecule has 0 atom stereocenters. The zero-order valence-electron chi connectivity index (χ0n) is 10.5. The number of hydrogen-bond donors (Lipinski definition) is 0. The molecule has 0 N–H and O–H groups in total. The maximum atomic E-state index is 12.7. The highest BCUT2D eigenvalue weighted by molar-refractivity contribution is 14.1. The molecule has 0 aromatic heterocycles. The van der Waals surface area contributed by atoms with E-state index in [-0.39, 0.29) is 5.91 Å². The number of hydrogen-bond acceptors (Lipinski definition) is 1. The van der Waals surface area contributed by atoms with Crippen molar-refractivity contribution < 1.29 is 4.79 Å². The number of benzene rings is 1. The molecule has 1 aromatic rings. The average molecular weight is 457 g/mol.